The van der Waals surface area contributed by atoms with E-state index in [-0.39, 0.29) is 12.0 Å². The van der Waals surface area contributed by atoms with Crippen LogP contribution in [0.2, 0.25) is 0 Å². The number of hydrogen-bond donors (Lipinski definition) is 1. The molecule has 2 rings (SSSR count). The lowest BCUT2D eigenvalue weighted by atomic mass is 9.81. The van der Waals surface area contributed by atoms with Crippen LogP contribution in [0.5, 0.6) is 0 Å². The second-order valence-corrected chi connectivity index (χ2v) is 4.55. The highest BCUT2D eigenvalue weighted by atomic mass is 16.1. The Labute approximate surface area is 96.1 Å². The number of Topliss-reactive ketones (excluding diaryl/α,β-unsaturated/α-hetero) is 1. The zero-order chi connectivity index (χ0) is 11.4. The van der Waals surface area contributed by atoms with Gasteiger partial charge in [-0.3, -0.25) is 9.78 Å². The molecular formula is C13H18N2O. The first-order valence-electron chi connectivity index (χ1n) is 5.94. The van der Waals surface area contributed by atoms with E-state index < -0.39 is 0 Å². The summed E-state index contributed by atoms with van der Waals surface area (Å²) in [6.45, 7) is 0. The normalized spacial score (nSPS) is 25.3. The highest BCUT2D eigenvalue weighted by Crippen LogP contribution is 2.24. The second-order valence-electron chi connectivity index (χ2n) is 4.55. The summed E-state index contributed by atoms with van der Waals surface area (Å²) >= 11 is 0. The van der Waals surface area contributed by atoms with E-state index in [4.69, 9.17) is 5.73 Å². The van der Waals surface area contributed by atoms with Crippen molar-refractivity contribution in [2.75, 3.05) is 0 Å². The molecule has 0 radical (unpaired) electrons. The molecule has 1 aromatic rings. The van der Waals surface area contributed by atoms with Gasteiger partial charge in [-0.15, -0.1) is 0 Å². The highest BCUT2D eigenvalue weighted by Gasteiger charge is 2.27. The number of nitrogens with zero attached hydrogens (tertiary/aromatic N) is 1. The minimum absolute atomic E-state index is 0.0712. The summed E-state index contributed by atoms with van der Waals surface area (Å²) in [5.74, 6) is 0.361. The summed E-state index contributed by atoms with van der Waals surface area (Å²) < 4.78 is 0. The summed E-state index contributed by atoms with van der Waals surface area (Å²) in [4.78, 5) is 16.0. The third-order valence-corrected chi connectivity index (χ3v) is 3.36. The van der Waals surface area contributed by atoms with Gasteiger partial charge in [-0.25, -0.2) is 0 Å². The first-order valence-corrected chi connectivity index (χ1v) is 5.94. The zero-order valence-corrected chi connectivity index (χ0v) is 9.43. The van der Waals surface area contributed by atoms with Crippen molar-refractivity contribution in [1.82, 2.24) is 4.98 Å². The minimum Gasteiger partial charge on any atom is -0.327 e. The van der Waals surface area contributed by atoms with E-state index in [0.29, 0.717) is 12.2 Å². The molecular weight excluding hydrogens is 200 g/mol. The molecule has 3 heteroatoms. The number of aromatic nitrogens is 1. The van der Waals surface area contributed by atoms with Crippen LogP contribution in [0.3, 0.4) is 0 Å². The van der Waals surface area contributed by atoms with Crippen LogP contribution in [0.15, 0.2) is 24.5 Å². The van der Waals surface area contributed by atoms with Crippen molar-refractivity contribution in [1.29, 1.82) is 0 Å². The van der Waals surface area contributed by atoms with Gasteiger partial charge in [0.15, 0.2) is 0 Å². The van der Waals surface area contributed by atoms with Crippen LogP contribution in [0.25, 0.3) is 0 Å². The molecule has 1 aliphatic carbocycles. The van der Waals surface area contributed by atoms with E-state index in [0.717, 1.165) is 24.8 Å². The predicted octanol–water partition coefficient (Wildman–Crippen LogP) is 1.71. The van der Waals surface area contributed by atoms with Crippen LogP contribution in [0, 0.1) is 5.92 Å². The lowest BCUT2D eigenvalue weighted by Crippen LogP contribution is -2.38. The van der Waals surface area contributed by atoms with Crippen LogP contribution < -0.4 is 5.73 Å². The largest absolute Gasteiger partial charge is 0.327 e. The van der Waals surface area contributed by atoms with E-state index in [9.17, 15) is 4.79 Å². The number of pyridine rings is 1. The molecule has 3 nitrogen and oxygen atoms in total. The first-order chi connectivity index (χ1) is 7.77. The lowest BCUT2D eigenvalue weighted by molar-refractivity contribution is -0.123. The van der Waals surface area contributed by atoms with Gasteiger partial charge in [0.2, 0.25) is 0 Å². The fourth-order valence-corrected chi connectivity index (χ4v) is 2.39. The third-order valence-electron chi connectivity index (χ3n) is 3.36. The quantitative estimate of drug-likeness (QED) is 0.840. The number of carbonyl (C=O) groups excluding carboxylic acids is 1. The summed E-state index contributed by atoms with van der Waals surface area (Å²) in [6, 6.07) is 3.86. The maximum atomic E-state index is 12.1. The standard InChI is InChI=1S/C13H18N2O/c14-12-4-2-1-3-11(12)13(16)9-10-5-7-15-8-6-10/h5-8,11-12H,1-4,9,14H2. The van der Waals surface area contributed by atoms with Gasteiger partial charge >= 0.3 is 0 Å². The van der Waals surface area contributed by atoms with Gasteiger partial charge in [0.05, 0.1) is 0 Å². The SMILES string of the molecule is NC1CCCCC1C(=O)Cc1ccncc1. The number of carbonyl (C=O) groups is 1. The second kappa shape index (κ2) is 5.21. The lowest BCUT2D eigenvalue weighted by Gasteiger charge is -2.27. The van der Waals surface area contributed by atoms with Gasteiger partial charge in [0, 0.05) is 30.8 Å². The zero-order valence-electron chi connectivity index (χ0n) is 9.43. The molecule has 0 spiro atoms. The molecule has 0 amide bonds. The van der Waals surface area contributed by atoms with Crippen molar-refractivity contribution in [3.63, 3.8) is 0 Å². The molecule has 86 valence electrons. The van der Waals surface area contributed by atoms with E-state index in [1.165, 1.54) is 6.42 Å². The maximum Gasteiger partial charge on any atom is 0.141 e. The number of rotatable bonds is 3. The predicted molar refractivity (Wildman–Crippen MR) is 62.9 cm³/mol. The Morgan fingerprint density at radius 3 is 2.69 bits per heavy atom. The number of hydrogen-bond acceptors (Lipinski definition) is 3. The smallest absolute Gasteiger partial charge is 0.141 e. The Morgan fingerprint density at radius 2 is 2.00 bits per heavy atom. The summed E-state index contributed by atoms with van der Waals surface area (Å²) in [6.07, 6.45) is 8.21. The van der Waals surface area contributed by atoms with Crippen LogP contribution in [-0.4, -0.2) is 16.8 Å². The molecule has 16 heavy (non-hydrogen) atoms. The van der Waals surface area contributed by atoms with Crippen LogP contribution in [0.1, 0.15) is 31.2 Å². The summed E-state index contributed by atoms with van der Waals surface area (Å²) in [5.41, 5.74) is 7.04. The number of nitrogens with two attached hydrogens (primary N) is 1. The molecule has 2 N–H and O–H groups in total. The Kier molecular flexibility index (Phi) is 3.67. The van der Waals surface area contributed by atoms with Gasteiger partial charge in [-0.1, -0.05) is 12.8 Å². The third kappa shape index (κ3) is 2.67. The summed E-state index contributed by atoms with van der Waals surface area (Å²) in [5, 5.41) is 0. The van der Waals surface area contributed by atoms with Crippen molar-refractivity contribution in [2.45, 2.75) is 38.1 Å². The molecule has 1 aliphatic rings. The fourth-order valence-electron chi connectivity index (χ4n) is 2.39. The van der Waals surface area contributed by atoms with Crippen LogP contribution in [0.4, 0.5) is 0 Å². The van der Waals surface area contributed by atoms with E-state index in [1.54, 1.807) is 12.4 Å². The van der Waals surface area contributed by atoms with Gasteiger partial charge in [-0.05, 0) is 30.5 Å². The Bertz CT molecular complexity index is 350. The molecule has 2 atom stereocenters. The Morgan fingerprint density at radius 1 is 1.31 bits per heavy atom. The first kappa shape index (κ1) is 11.3. The molecule has 1 heterocycles. The van der Waals surface area contributed by atoms with E-state index >= 15 is 0 Å². The average Bonchev–Trinajstić information content (AvgIpc) is 2.31. The molecule has 0 aliphatic heterocycles. The molecule has 1 fully saturated rings. The van der Waals surface area contributed by atoms with Crippen molar-refractivity contribution < 1.29 is 4.79 Å². The summed E-state index contributed by atoms with van der Waals surface area (Å²) in [7, 11) is 0. The number of ketones is 1. The van der Waals surface area contributed by atoms with Crippen molar-refractivity contribution in [3.05, 3.63) is 30.1 Å². The molecule has 0 bridgehead atoms. The maximum absolute atomic E-state index is 12.1. The van der Waals surface area contributed by atoms with Crippen molar-refractivity contribution in [2.24, 2.45) is 11.7 Å². The van der Waals surface area contributed by atoms with E-state index in [1.807, 2.05) is 12.1 Å². The fraction of sp³-hybridized carbons (Fsp3) is 0.538. The van der Waals surface area contributed by atoms with Crippen LogP contribution >= 0.6 is 0 Å². The molecule has 1 saturated carbocycles. The average molecular weight is 218 g/mol. The van der Waals surface area contributed by atoms with Crippen LogP contribution in [-0.2, 0) is 11.2 Å². The molecule has 2 unspecified atom stereocenters. The van der Waals surface area contributed by atoms with Crippen molar-refractivity contribution >= 4 is 5.78 Å². The molecule has 0 saturated heterocycles. The van der Waals surface area contributed by atoms with E-state index in [2.05, 4.69) is 4.98 Å². The topological polar surface area (TPSA) is 56.0 Å². The van der Waals surface area contributed by atoms with Gasteiger partial charge < -0.3 is 5.73 Å². The molecule has 0 aromatic carbocycles. The highest BCUT2D eigenvalue weighted by molar-refractivity contribution is 5.83. The minimum atomic E-state index is 0.0712. The Hall–Kier alpha value is -1.22. The van der Waals surface area contributed by atoms with Crippen molar-refractivity contribution in [3.8, 4) is 0 Å². The Balaban J connectivity index is 1.97. The van der Waals surface area contributed by atoms with Gasteiger partial charge in [0.25, 0.3) is 0 Å². The molecule has 1 aromatic heterocycles. The van der Waals surface area contributed by atoms with Gasteiger partial charge in [0.1, 0.15) is 5.78 Å². The van der Waals surface area contributed by atoms with Gasteiger partial charge in [-0.2, -0.15) is 0 Å². The monoisotopic (exact) mass is 218 g/mol.